The zero-order chi connectivity index (χ0) is 19.2. The van der Waals surface area contributed by atoms with Crippen molar-refractivity contribution >= 4 is 34.8 Å². The molecular formula is C17H20ClN7O2. The molecule has 0 bridgehead atoms. The van der Waals surface area contributed by atoms with Crippen LogP contribution in [0.25, 0.3) is 5.65 Å². The van der Waals surface area contributed by atoms with E-state index in [2.05, 4.69) is 20.5 Å². The number of pyridine rings is 1. The van der Waals surface area contributed by atoms with E-state index in [0.717, 1.165) is 5.69 Å². The number of rotatable bonds is 2. The van der Waals surface area contributed by atoms with E-state index in [-0.39, 0.29) is 6.09 Å². The van der Waals surface area contributed by atoms with E-state index in [1.165, 1.54) is 6.33 Å². The second-order valence-electron chi connectivity index (χ2n) is 7.37. The fourth-order valence-electron chi connectivity index (χ4n) is 2.93. The maximum atomic E-state index is 12.3. The van der Waals surface area contributed by atoms with E-state index in [1.807, 2.05) is 31.5 Å². The second-order valence-corrected chi connectivity index (χ2v) is 7.81. The van der Waals surface area contributed by atoms with Gasteiger partial charge in [-0.25, -0.2) is 14.3 Å². The van der Waals surface area contributed by atoms with Crippen molar-refractivity contribution in [1.82, 2.24) is 29.3 Å². The molecule has 0 saturated carbocycles. The van der Waals surface area contributed by atoms with E-state index in [9.17, 15) is 4.79 Å². The van der Waals surface area contributed by atoms with Gasteiger partial charge in [0.25, 0.3) is 0 Å². The molecule has 4 rings (SSSR count). The first-order valence-corrected chi connectivity index (χ1v) is 8.97. The minimum absolute atomic E-state index is 0.315. The largest absolute Gasteiger partial charge is 0.444 e. The first kappa shape index (κ1) is 17.6. The number of halogens is 1. The average molecular weight is 390 g/mol. The summed E-state index contributed by atoms with van der Waals surface area (Å²) in [7, 11) is 0. The van der Waals surface area contributed by atoms with Crippen molar-refractivity contribution in [3.8, 4) is 0 Å². The number of hydrogen-bond acceptors (Lipinski definition) is 6. The van der Waals surface area contributed by atoms with E-state index in [0.29, 0.717) is 41.8 Å². The second kappa shape index (κ2) is 6.41. The third kappa shape index (κ3) is 3.68. The van der Waals surface area contributed by atoms with E-state index < -0.39 is 5.60 Å². The minimum atomic E-state index is -0.516. The summed E-state index contributed by atoms with van der Waals surface area (Å²) in [6.07, 6.45) is 2.84. The van der Waals surface area contributed by atoms with Gasteiger partial charge < -0.3 is 15.0 Å². The first-order chi connectivity index (χ1) is 12.8. The Morgan fingerprint density at radius 3 is 2.89 bits per heavy atom. The van der Waals surface area contributed by atoms with Crippen LogP contribution in [0.2, 0.25) is 5.02 Å². The van der Waals surface area contributed by atoms with Gasteiger partial charge in [0.05, 0.1) is 29.5 Å². The van der Waals surface area contributed by atoms with Gasteiger partial charge in [-0.15, -0.1) is 0 Å². The maximum absolute atomic E-state index is 12.3. The number of nitrogens with one attached hydrogen (secondary N) is 1. The van der Waals surface area contributed by atoms with Gasteiger partial charge >= 0.3 is 6.09 Å². The standard InChI is InChI=1S/C17H20ClN7O2/c1-17(2,3)27-16(26)23-4-5-24-12(9-23)7-14(22-24)21-13-6-11(18)8-25-15(13)19-10-20-25/h6-8,10H,4-5,9H2,1-3H3,(H,21,22). The molecule has 0 aliphatic carbocycles. The Hall–Kier alpha value is -2.81. The Labute approximate surface area is 160 Å². The molecule has 1 aliphatic heterocycles. The van der Waals surface area contributed by atoms with E-state index >= 15 is 0 Å². The summed E-state index contributed by atoms with van der Waals surface area (Å²) in [5, 5.41) is 12.4. The molecule has 3 aromatic heterocycles. The topological polar surface area (TPSA) is 89.6 Å². The fourth-order valence-corrected chi connectivity index (χ4v) is 3.14. The minimum Gasteiger partial charge on any atom is -0.444 e. The normalized spacial score (nSPS) is 14.3. The summed E-state index contributed by atoms with van der Waals surface area (Å²) in [4.78, 5) is 18.2. The third-order valence-electron chi connectivity index (χ3n) is 4.05. The summed E-state index contributed by atoms with van der Waals surface area (Å²) in [6.45, 7) is 7.17. The van der Waals surface area contributed by atoms with Crippen LogP contribution in [0.3, 0.4) is 0 Å². The Bertz CT molecular complexity index is 1000. The molecule has 1 N–H and O–H groups in total. The van der Waals surface area contributed by atoms with Crippen LogP contribution in [0.1, 0.15) is 26.5 Å². The number of carbonyl (C=O) groups is 1. The maximum Gasteiger partial charge on any atom is 0.410 e. The predicted octanol–water partition coefficient (Wildman–Crippen LogP) is 3.07. The van der Waals surface area contributed by atoms with Crippen molar-refractivity contribution in [1.29, 1.82) is 0 Å². The number of ether oxygens (including phenoxy) is 1. The summed E-state index contributed by atoms with van der Waals surface area (Å²) in [5.41, 5.74) is 1.77. The van der Waals surface area contributed by atoms with Crippen LogP contribution in [0.5, 0.6) is 0 Å². The molecule has 142 valence electrons. The molecule has 1 aliphatic rings. The highest BCUT2D eigenvalue weighted by molar-refractivity contribution is 6.30. The van der Waals surface area contributed by atoms with Crippen LogP contribution < -0.4 is 5.32 Å². The lowest BCUT2D eigenvalue weighted by atomic mass is 10.2. The fraction of sp³-hybridized carbons (Fsp3) is 0.412. The molecule has 4 heterocycles. The molecule has 27 heavy (non-hydrogen) atoms. The van der Waals surface area contributed by atoms with Crippen molar-refractivity contribution in [3.05, 3.63) is 35.4 Å². The van der Waals surface area contributed by atoms with Gasteiger partial charge in [0.1, 0.15) is 11.9 Å². The predicted molar refractivity (Wildman–Crippen MR) is 100 cm³/mol. The molecular weight excluding hydrogens is 370 g/mol. The van der Waals surface area contributed by atoms with E-state index in [1.54, 1.807) is 21.7 Å². The lowest BCUT2D eigenvalue weighted by Gasteiger charge is -2.30. The number of nitrogens with zero attached hydrogens (tertiary/aromatic N) is 6. The van der Waals surface area contributed by atoms with Crippen LogP contribution in [-0.2, 0) is 17.8 Å². The van der Waals surface area contributed by atoms with Crippen LogP contribution in [-0.4, -0.2) is 47.5 Å². The molecule has 0 saturated heterocycles. The zero-order valence-electron chi connectivity index (χ0n) is 15.3. The van der Waals surface area contributed by atoms with Crippen molar-refractivity contribution in [2.75, 3.05) is 11.9 Å². The van der Waals surface area contributed by atoms with Crippen LogP contribution in [0.15, 0.2) is 24.7 Å². The summed E-state index contributed by atoms with van der Waals surface area (Å²) < 4.78 is 8.94. The molecule has 10 heteroatoms. The first-order valence-electron chi connectivity index (χ1n) is 8.59. The Morgan fingerprint density at radius 2 is 2.11 bits per heavy atom. The van der Waals surface area contributed by atoms with Crippen molar-refractivity contribution in [3.63, 3.8) is 0 Å². The number of hydrogen-bond donors (Lipinski definition) is 1. The van der Waals surface area contributed by atoms with Gasteiger partial charge in [0.15, 0.2) is 11.5 Å². The molecule has 0 unspecified atom stereocenters. The molecule has 9 nitrogen and oxygen atoms in total. The summed E-state index contributed by atoms with van der Waals surface area (Å²) >= 11 is 6.14. The van der Waals surface area contributed by atoms with Crippen LogP contribution in [0.4, 0.5) is 16.3 Å². The van der Waals surface area contributed by atoms with Crippen LogP contribution >= 0.6 is 11.6 Å². The van der Waals surface area contributed by atoms with Crippen LogP contribution in [0, 0.1) is 0 Å². The van der Waals surface area contributed by atoms with Gasteiger partial charge in [0, 0.05) is 18.8 Å². The molecule has 1 amide bonds. The van der Waals surface area contributed by atoms with Gasteiger partial charge in [-0.1, -0.05) is 11.6 Å². The number of aromatic nitrogens is 5. The molecule has 0 aromatic carbocycles. The number of carbonyl (C=O) groups excluding carboxylic acids is 1. The molecule has 3 aromatic rings. The summed E-state index contributed by atoms with van der Waals surface area (Å²) in [5.74, 6) is 0.656. The highest BCUT2D eigenvalue weighted by atomic mass is 35.5. The Kier molecular flexibility index (Phi) is 4.18. The van der Waals surface area contributed by atoms with Gasteiger partial charge in [-0.05, 0) is 26.8 Å². The number of amides is 1. The SMILES string of the molecule is CC(C)(C)OC(=O)N1CCn2nc(Nc3cc(Cl)cn4ncnc34)cc2C1. The quantitative estimate of drug-likeness (QED) is 0.724. The van der Waals surface area contributed by atoms with Crippen molar-refractivity contribution < 1.29 is 9.53 Å². The zero-order valence-corrected chi connectivity index (χ0v) is 16.1. The number of fused-ring (bicyclic) bond motifs is 2. The van der Waals surface area contributed by atoms with Gasteiger partial charge in [-0.2, -0.15) is 10.2 Å². The number of anilines is 2. The highest BCUT2D eigenvalue weighted by Gasteiger charge is 2.26. The third-order valence-corrected chi connectivity index (χ3v) is 4.26. The Balaban J connectivity index is 1.53. The van der Waals surface area contributed by atoms with Crippen molar-refractivity contribution in [2.45, 2.75) is 39.5 Å². The van der Waals surface area contributed by atoms with Gasteiger partial charge in [0.2, 0.25) is 0 Å². The monoisotopic (exact) mass is 389 g/mol. The lowest BCUT2D eigenvalue weighted by Crippen LogP contribution is -2.41. The molecule has 0 atom stereocenters. The Morgan fingerprint density at radius 1 is 1.30 bits per heavy atom. The molecule has 0 radical (unpaired) electrons. The molecule has 0 fully saturated rings. The van der Waals surface area contributed by atoms with Crippen molar-refractivity contribution in [2.24, 2.45) is 0 Å². The highest BCUT2D eigenvalue weighted by Crippen LogP contribution is 2.25. The smallest absolute Gasteiger partial charge is 0.410 e. The van der Waals surface area contributed by atoms with Gasteiger partial charge in [-0.3, -0.25) is 4.68 Å². The lowest BCUT2D eigenvalue weighted by molar-refractivity contribution is 0.0194. The summed E-state index contributed by atoms with van der Waals surface area (Å²) in [6, 6.07) is 3.68. The van der Waals surface area contributed by atoms with E-state index in [4.69, 9.17) is 16.3 Å². The molecule has 0 spiro atoms. The average Bonchev–Trinajstić information content (AvgIpc) is 3.18.